The largest absolute Gasteiger partial charge is 0.370 e. The van der Waals surface area contributed by atoms with E-state index in [0.717, 1.165) is 19.0 Å². The monoisotopic (exact) mass is 394 g/mol. The predicted octanol–water partition coefficient (Wildman–Crippen LogP) is 2.43. The maximum Gasteiger partial charge on any atom is 0.188 e. The first-order valence-corrected chi connectivity index (χ1v) is 8.00. The van der Waals surface area contributed by atoms with E-state index in [0.29, 0.717) is 11.9 Å². The summed E-state index contributed by atoms with van der Waals surface area (Å²) in [6.45, 7) is 7.83. The van der Waals surface area contributed by atoms with Crippen LogP contribution in [0.4, 0.5) is 0 Å². The van der Waals surface area contributed by atoms with Crippen LogP contribution in [0.3, 0.4) is 0 Å². The third-order valence-corrected chi connectivity index (χ3v) is 4.39. The average molecular weight is 394 g/mol. The van der Waals surface area contributed by atoms with Crippen molar-refractivity contribution in [3.8, 4) is 0 Å². The van der Waals surface area contributed by atoms with Crippen molar-refractivity contribution in [2.45, 2.75) is 45.4 Å². The molecule has 0 radical (unpaired) electrons. The third kappa shape index (κ3) is 6.61. The van der Waals surface area contributed by atoms with Crippen LogP contribution in [0, 0.1) is 11.8 Å². The van der Waals surface area contributed by atoms with Crippen molar-refractivity contribution in [1.82, 2.24) is 10.2 Å². The second kappa shape index (κ2) is 9.82. The predicted molar refractivity (Wildman–Crippen MR) is 96.7 cm³/mol. The van der Waals surface area contributed by atoms with Gasteiger partial charge in [0, 0.05) is 19.6 Å². The van der Waals surface area contributed by atoms with E-state index in [2.05, 4.69) is 22.1 Å². The molecule has 0 aromatic rings. The summed E-state index contributed by atoms with van der Waals surface area (Å²) in [5, 5.41) is 3.26. The van der Waals surface area contributed by atoms with Crippen molar-refractivity contribution in [1.29, 1.82) is 0 Å². The Morgan fingerprint density at radius 2 is 1.95 bits per heavy atom. The molecule has 1 aliphatic heterocycles. The highest BCUT2D eigenvalue weighted by molar-refractivity contribution is 14.0. The van der Waals surface area contributed by atoms with Gasteiger partial charge in [-0.1, -0.05) is 19.8 Å². The lowest BCUT2D eigenvalue weighted by molar-refractivity contribution is 0.203. The van der Waals surface area contributed by atoms with Gasteiger partial charge in [0.05, 0.1) is 0 Å². The summed E-state index contributed by atoms with van der Waals surface area (Å²) in [5.74, 6) is 2.07. The summed E-state index contributed by atoms with van der Waals surface area (Å²) >= 11 is 0. The van der Waals surface area contributed by atoms with Crippen LogP contribution in [0.1, 0.15) is 45.4 Å². The topological polar surface area (TPSA) is 53.6 Å². The second-order valence-electron chi connectivity index (χ2n) is 6.37. The second-order valence-corrected chi connectivity index (χ2v) is 6.37. The zero-order valence-corrected chi connectivity index (χ0v) is 15.1. The molecule has 0 bridgehead atoms. The summed E-state index contributed by atoms with van der Waals surface area (Å²) in [7, 11) is 0. The van der Waals surface area contributed by atoms with Crippen LogP contribution in [0.5, 0.6) is 0 Å². The van der Waals surface area contributed by atoms with Gasteiger partial charge < -0.3 is 16.0 Å². The molecule has 20 heavy (non-hydrogen) atoms. The molecule has 0 amide bonds. The van der Waals surface area contributed by atoms with Gasteiger partial charge in [-0.25, -0.2) is 0 Å². The Balaban J connectivity index is 0.00000200. The molecule has 1 unspecified atom stereocenters. The minimum Gasteiger partial charge on any atom is -0.370 e. The number of hydrogen-bond acceptors (Lipinski definition) is 2. The molecule has 118 valence electrons. The quantitative estimate of drug-likeness (QED) is 0.413. The summed E-state index contributed by atoms with van der Waals surface area (Å²) in [5.41, 5.74) is 5.91. The normalized spacial score (nSPS) is 22.8. The Morgan fingerprint density at radius 3 is 2.55 bits per heavy atom. The molecular formula is C15H31IN4. The average Bonchev–Trinajstić information content (AvgIpc) is 2.36. The standard InChI is InChI=1S/C15H30N4.HI/c1-13(12-19-8-3-2-4-9-19)10-17-15(16)18-11-14-6-5-7-14;/h13-14H,2-12H2,1H3,(H3,16,17,18);1H. The molecule has 1 saturated carbocycles. The van der Waals surface area contributed by atoms with Gasteiger partial charge in [0.15, 0.2) is 5.96 Å². The number of halogens is 1. The van der Waals surface area contributed by atoms with Crippen molar-refractivity contribution in [2.75, 3.05) is 32.7 Å². The first-order chi connectivity index (χ1) is 9.24. The van der Waals surface area contributed by atoms with E-state index in [1.54, 1.807) is 0 Å². The van der Waals surface area contributed by atoms with Crippen molar-refractivity contribution >= 4 is 29.9 Å². The van der Waals surface area contributed by atoms with E-state index in [1.807, 2.05) is 0 Å². The maximum absolute atomic E-state index is 5.91. The molecule has 0 aromatic carbocycles. The van der Waals surface area contributed by atoms with Gasteiger partial charge in [-0.3, -0.25) is 4.99 Å². The number of hydrogen-bond donors (Lipinski definition) is 2. The zero-order chi connectivity index (χ0) is 13.5. The van der Waals surface area contributed by atoms with E-state index in [-0.39, 0.29) is 24.0 Å². The molecule has 1 aliphatic carbocycles. The number of rotatable bonds is 6. The van der Waals surface area contributed by atoms with Crippen LogP contribution in [0.15, 0.2) is 4.99 Å². The van der Waals surface area contributed by atoms with Crippen LogP contribution in [-0.4, -0.2) is 43.6 Å². The Kier molecular flexibility index (Phi) is 8.84. The molecule has 2 aliphatic rings. The van der Waals surface area contributed by atoms with Crippen molar-refractivity contribution in [2.24, 2.45) is 22.6 Å². The first-order valence-electron chi connectivity index (χ1n) is 8.00. The number of nitrogens with one attached hydrogen (secondary N) is 1. The fourth-order valence-corrected chi connectivity index (χ4v) is 2.90. The minimum absolute atomic E-state index is 0. The lowest BCUT2D eigenvalue weighted by Crippen LogP contribution is -2.38. The van der Waals surface area contributed by atoms with Crippen molar-refractivity contribution < 1.29 is 0 Å². The van der Waals surface area contributed by atoms with Gasteiger partial charge in [0.25, 0.3) is 0 Å². The van der Waals surface area contributed by atoms with Crippen molar-refractivity contribution in [3.05, 3.63) is 0 Å². The minimum atomic E-state index is 0. The van der Waals surface area contributed by atoms with Crippen LogP contribution in [0.25, 0.3) is 0 Å². The van der Waals surface area contributed by atoms with Crippen LogP contribution < -0.4 is 11.1 Å². The van der Waals surface area contributed by atoms with Gasteiger partial charge in [-0.05, 0) is 50.6 Å². The lowest BCUT2D eigenvalue weighted by atomic mass is 9.85. The van der Waals surface area contributed by atoms with E-state index < -0.39 is 0 Å². The van der Waals surface area contributed by atoms with E-state index in [1.165, 1.54) is 58.2 Å². The molecular weight excluding hydrogens is 363 g/mol. The Labute approximate surface area is 141 Å². The molecule has 1 saturated heterocycles. The summed E-state index contributed by atoms with van der Waals surface area (Å²) < 4.78 is 0. The highest BCUT2D eigenvalue weighted by atomic mass is 127. The molecule has 1 atom stereocenters. The number of nitrogens with zero attached hydrogens (tertiary/aromatic N) is 2. The number of piperidine rings is 1. The van der Waals surface area contributed by atoms with Gasteiger partial charge in [-0.15, -0.1) is 24.0 Å². The van der Waals surface area contributed by atoms with Gasteiger partial charge >= 0.3 is 0 Å². The van der Waals surface area contributed by atoms with E-state index in [9.17, 15) is 0 Å². The number of likely N-dealkylation sites (tertiary alicyclic amines) is 1. The number of nitrogens with two attached hydrogens (primary N) is 1. The van der Waals surface area contributed by atoms with Gasteiger partial charge in [0.2, 0.25) is 0 Å². The Morgan fingerprint density at radius 1 is 1.25 bits per heavy atom. The Bertz CT molecular complexity index is 286. The number of aliphatic imine (C=N–C) groups is 1. The van der Waals surface area contributed by atoms with Crippen LogP contribution in [0.2, 0.25) is 0 Å². The highest BCUT2D eigenvalue weighted by Crippen LogP contribution is 2.24. The third-order valence-electron chi connectivity index (χ3n) is 4.39. The van der Waals surface area contributed by atoms with Crippen molar-refractivity contribution in [3.63, 3.8) is 0 Å². The fourth-order valence-electron chi connectivity index (χ4n) is 2.90. The molecule has 4 nitrogen and oxygen atoms in total. The molecule has 0 aromatic heterocycles. The molecule has 2 rings (SSSR count). The van der Waals surface area contributed by atoms with Gasteiger partial charge in [0.1, 0.15) is 0 Å². The molecule has 2 fully saturated rings. The summed E-state index contributed by atoms with van der Waals surface area (Å²) in [4.78, 5) is 7.05. The molecule has 5 heteroatoms. The molecule has 0 spiro atoms. The maximum atomic E-state index is 5.91. The molecule has 3 N–H and O–H groups in total. The van der Waals surface area contributed by atoms with E-state index >= 15 is 0 Å². The number of guanidine groups is 1. The van der Waals surface area contributed by atoms with E-state index in [4.69, 9.17) is 5.73 Å². The van der Waals surface area contributed by atoms with Crippen LogP contribution in [-0.2, 0) is 0 Å². The highest BCUT2D eigenvalue weighted by Gasteiger charge is 2.17. The van der Waals surface area contributed by atoms with Gasteiger partial charge in [-0.2, -0.15) is 0 Å². The fraction of sp³-hybridized carbons (Fsp3) is 0.933. The first kappa shape index (κ1) is 18.0. The molecule has 1 heterocycles. The SMILES string of the molecule is CC(CN=C(N)NCC1CCC1)CN1CCCCC1.I. The summed E-state index contributed by atoms with van der Waals surface area (Å²) in [6.07, 6.45) is 8.22. The Hall–Kier alpha value is -0.0400. The lowest BCUT2D eigenvalue weighted by Gasteiger charge is -2.28. The van der Waals surface area contributed by atoms with Crippen LogP contribution >= 0.6 is 24.0 Å². The smallest absolute Gasteiger partial charge is 0.188 e. The zero-order valence-electron chi connectivity index (χ0n) is 12.8. The summed E-state index contributed by atoms with van der Waals surface area (Å²) in [6, 6.07) is 0.